The number of hydrogen-bond donors (Lipinski definition) is 0. The van der Waals surface area contributed by atoms with Gasteiger partial charge in [0.15, 0.2) is 15.6 Å². The van der Waals surface area contributed by atoms with Gasteiger partial charge in [-0.3, -0.25) is 9.78 Å². The molecule has 0 N–H and O–H groups in total. The fourth-order valence-corrected chi connectivity index (χ4v) is 6.99. The third-order valence-corrected chi connectivity index (χ3v) is 9.79. The molecule has 34 heavy (non-hydrogen) atoms. The van der Waals surface area contributed by atoms with Gasteiger partial charge in [0.2, 0.25) is 0 Å². The van der Waals surface area contributed by atoms with Crippen LogP contribution in [0.1, 0.15) is 54.9 Å². The molecule has 8 heteroatoms. The Morgan fingerprint density at radius 2 is 1.94 bits per heavy atom. The van der Waals surface area contributed by atoms with E-state index in [4.69, 9.17) is 0 Å². The number of ketones is 1. The van der Waals surface area contributed by atoms with Gasteiger partial charge in [-0.05, 0) is 87.6 Å². The van der Waals surface area contributed by atoms with E-state index in [9.17, 15) is 17.6 Å². The van der Waals surface area contributed by atoms with Crippen LogP contribution in [0, 0.1) is 11.2 Å². The molecule has 2 aliphatic carbocycles. The third-order valence-electron chi connectivity index (χ3n) is 7.14. The number of benzene rings is 1. The van der Waals surface area contributed by atoms with Crippen LogP contribution in [-0.2, 0) is 16.3 Å². The summed E-state index contributed by atoms with van der Waals surface area (Å²) in [6.45, 7) is 3.39. The monoisotopic (exact) mass is 479 g/mol. The van der Waals surface area contributed by atoms with Crippen molar-refractivity contribution < 1.29 is 17.6 Å². The lowest BCUT2D eigenvalue weighted by Crippen LogP contribution is -2.47. The van der Waals surface area contributed by atoms with Gasteiger partial charge in [-0.2, -0.15) is 5.10 Å². The summed E-state index contributed by atoms with van der Waals surface area (Å²) in [7, 11) is -3.38. The van der Waals surface area contributed by atoms with E-state index in [0.717, 1.165) is 22.5 Å². The summed E-state index contributed by atoms with van der Waals surface area (Å²) in [6, 6.07) is 11.3. The number of carbonyl (C=O) groups is 1. The van der Waals surface area contributed by atoms with Crippen LogP contribution < -0.4 is 0 Å². The van der Waals surface area contributed by atoms with Gasteiger partial charge in [-0.1, -0.05) is 11.6 Å². The molecular weight excluding hydrogens is 453 g/mol. The highest BCUT2D eigenvalue weighted by Crippen LogP contribution is 2.51. The number of pyridine rings is 1. The highest BCUT2D eigenvalue weighted by molar-refractivity contribution is 7.92. The zero-order chi connectivity index (χ0) is 24.1. The number of nitrogens with zero attached hydrogens (tertiary/aromatic N) is 3. The topological polar surface area (TPSA) is 81.9 Å². The van der Waals surface area contributed by atoms with E-state index in [1.807, 2.05) is 6.08 Å². The molecule has 1 aromatic carbocycles. The summed E-state index contributed by atoms with van der Waals surface area (Å²) in [5.74, 6) is -0.476. The van der Waals surface area contributed by atoms with Crippen LogP contribution in [0.2, 0.25) is 0 Å². The number of fused-ring (bicyclic) bond motifs is 2. The van der Waals surface area contributed by atoms with Crippen molar-refractivity contribution in [3.05, 3.63) is 83.2 Å². The molecule has 2 aromatic heterocycles. The van der Waals surface area contributed by atoms with Gasteiger partial charge in [0.05, 0.1) is 33.5 Å². The highest BCUT2D eigenvalue weighted by Gasteiger charge is 2.52. The second-order valence-electron chi connectivity index (χ2n) is 9.42. The maximum atomic E-state index is 14.0. The van der Waals surface area contributed by atoms with E-state index in [2.05, 4.69) is 10.1 Å². The molecular formula is C26H26FN3O3S. The number of hydrogen-bond acceptors (Lipinski definition) is 5. The number of allylic oxidation sites excluding steroid dienone is 1. The van der Waals surface area contributed by atoms with Crippen LogP contribution in [0.15, 0.2) is 60.4 Å². The summed E-state index contributed by atoms with van der Waals surface area (Å²) in [4.78, 5) is 18.3. The van der Waals surface area contributed by atoms with Crippen molar-refractivity contribution in [1.82, 2.24) is 14.8 Å². The predicted molar refractivity (Wildman–Crippen MR) is 128 cm³/mol. The van der Waals surface area contributed by atoms with E-state index in [0.29, 0.717) is 25.0 Å². The van der Waals surface area contributed by atoms with Gasteiger partial charge >= 0.3 is 0 Å². The fourth-order valence-electron chi connectivity index (χ4n) is 5.26. The number of aromatic nitrogens is 3. The molecule has 1 fully saturated rings. The molecule has 0 saturated heterocycles. The lowest BCUT2D eigenvalue weighted by atomic mass is 9.61. The molecule has 0 aliphatic heterocycles. The van der Waals surface area contributed by atoms with Crippen LogP contribution >= 0.6 is 0 Å². The summed E-state index contributed by atoms with van der Waals surface area (Å²) < 4.78 is 41.4. The van der Waals surface area contributed by atoms with E-state index >= 15 is 0 Å². The Morgan fingerprint density at radius 1 is 1.18 bits per heavy atom. The molecule has 0 bridgehead atoms. The summed E-state index contributed by atoms with van der Waals surface area (Å²) in [5.41, 5.74) is 2.69. The first-order valence-electron chi connectivity index (χ1n) is 11.4. The van der Waals surface area contributed by atoms with Crippen molar-refractivity contribution in [1.29, 1.82) is 0 Å². The number of rotatable bonds is 5. The smallest absolute Gasteiger partial charge is 0.191 e. The van der Waals surface area contributed by atoms with Crippen molar-refractivity contribution >= 4 is 21.7 Å². The molecule has 5 rings (SSSR count). The normalized spacial score (nSPS) is 22.1. The molecule has 3 aromatic rings. The van der Waals surface area contributed by atoms with Crippen molar-refractivity contribution in [2.75, 3.05) is 0 Å². The third kappa shape index (κ3) is 3.60. The lowest BCUT2D eigenvalue weighted by molar-refractivity contribution is 0.0796. The highest BCUT2D eigenvalue weighted by atomic mass is 32.2. The Kier molecular flexibility index (Phi) is 5.51. The Labute approximate surface area is 198 Å². The fraction of sp³-hybridized carbons (Fsp3) is 0.346. The van der Waals surface area contributed by atoms with Gasteiger partial charge in [0.1, 0.15) is 11.5 Å². The minimum Gasteiger partial charge on any atom is -0.291 e. The maximum absolute atomic E-state index is 14.0. The van der Waals surface area contributed by atoms with Crippen molar-refractivity contribution in [2.24, 2.45) is 5.41 Å². The van der Waals surface area contributed by atoms with Crippen molar-refractivity contribution in [2.45, 2.75) is 50.0 Å². The molecule has 6 nitrogen and oxygen atoms in total. The second kappa shape index (κ2) is 8.27. The van der Waals surface area contributed by atoms with Gasteiger partial charge in [-0.15, -0.1) is 0 Å². The molecule has 2 atom stereocenters. The number of sulfone groups is 1. The molecule has 2 aliphatic rings. The van der Waals surface area contributed by atoms with Gasteiger partial charge in [0.25, 0.3) is 0 Å². The molecule has 0 unspecified atom stereocenters. The largest absolute Gasteiger partial charge is 0.291 e. The van der Waals surface area contributed by atoms with E-state index in [1.54, 1.807) is 61.3 Å². The number of Topliss-reactive ketones (excluding diaryl/α,β-unsaturated/α-hetero) is 1. The minimum absolute atomic E-state index is 0.150. The number of carbonyl (C=O) groups excluding carboxylic acids is 1. The molecule has 2 heterocycles. The Balaban J connectivity index is 1.62. The standard InChI is InChI=1S/C26H26FN3O3S/c1-17(2)34(32,33)22-11-6-19-13-24-18(16-29-30(24)21-9-7-20(27)8-10-21)14-26(19,15-22)25(31)23-5-3-4-12-28-23/h3-5,7-10,12-13,16-17,22H,6,11,14-15H2,1-2H3/t22-,26-/m0/s1. The predicted octanol–water partition coefficient (Wildman–Crippen LogP) is 4.59. The van der Waals surface area contributed by atoms with Crippen molar-refractivity contribution in [3.63, 3.8) is 0 Å². The van der Waals surface area contributed by atoms with Crippen LogP contribution in [-0.4, -0.2) is 39.5 Å². The lowest BCUT2D eigenvalue weighted by Gasteiger charge is -2.44. The first-order chi connectivity index (χ1) is 16.2. The van der Waals surface area contributed by atoms with Crippen LogP contribution in [0.25, 0.3) is 11.8 Å². The first-order valence-corrected chi connectivity index (χ1v) is 13.1. The number of halogens is 1. The van der Waals surface area contributed by atoms with Gasteiger partial charge < -0.3 is 0 Å². The van der Waals surface area contributed by atoms with Gasteiger partial charge in [0, 0.05) is 6.20 Å². The molecule has 0 spiro atoms. The van der Waals surface area contributed by atoms with E-state index < -0.39 is 25.8 Å². The Hall–Kier alpha value is -3.13. The Bertz CT molecular complexity index is 1380. The molecule has 0 radical (unpaired) electrons. The maximum Gasteiger partial charge on any atom is 0.191 e. The van der Waals surface area contributed by atoms with E-state index in [-0.39, 0.29) is 18.0 Å². The van der Waals surface area contributed by atoms with Crippen LogP contribution in [0.3, 0.4) is 0 Å². The minimum atomic E-state index is -3.38. The van der Waals surface area contributed by atoms with Crippen molar-refractivity contribution in [3.8, 4) is 5.69 Å². The Morgan fingerprint density at radius 3 is 2.62 bits per heavy atom. The first kappa shape index (κ1) is 22.7. The average molecular weight is 480 g/mol. The zero-order valence-electron chi connectivity index (χ0n) is 19.1. The molecule has 176 valence electrons. The van der Waals surface area contributed by atoms with Crippen LogP contribution in [0.5, 0.6) is 0 Å². The zero-order valence-corrected chi connectivity index (χ0v) is 19.9. The summed E-state index contributed by atoms with van der Waals surface area (Å²) in [5, 5.41) is 3.42. The summed E-state index contributed by atoms with van der Waals surface area (Å²) in [6.07, 6.45) is 6.85. The second-order valence-corrected chi connectivity index (χ2v) is 12.2. The SMILES string of the molecule is CC(C)S(=O)(=O)[C@H]1CCC2=Cc3c(cnn3-c3ccc(F)cc3)C[C@]2(C(=O)c2ccccn2)C1. The average Bonchev–Trinajstić information content (AvgIpc) is 3.24. The quantitative estimate of drug-likeness (QED) is 0.500. The summed E-state index contributed by atoms with van der Waals surface area (Å²) >= 11 is 0. The van der Waals surface area contributed by atoms with Gasteiger partial charge in [-0.25, -0.2) is 17.5 Å². The van der Waals surface area contributed by atoms with E-state index in [1.165, 1.54) is 12.1 Å². The molecule has 1 saturated carbocycles. The van der Waals surface area contributed by atoms with Crippen LogP contribution in [0.4, 0.5) is 4.39 Å². The molecule has 0 amide bonds.